The third-order valence-corrected chi connectivity index (χ3v) is 6.56. The number of nitrogens with zero attached hydrogens (tertiary/aromatic N) is 1. The number of rotatable bonds is 7. The largest absolute Gasteiger partial charge is 0.369 e. The van der Waals surface area contributed by atoms with Crippen molar-refractivity contribution in [2.45, 2.75) is 36.8 Å². The number of aryl methyl sites for hydroxylation is 1. The van der Waals surface area contributed by atoms with Crippen LogP contribution in [0.4, 0.5) is 5.69 Å². The van der Waals surface area contributed by atoms with Crippen LogP contribution in [-0.4, -0.2) is 22.0 Å². The van der Waals surface area contributed by atoms with Crippen LogP contribution in [0.15, 0.2) is 28.6 Å². The smallest absolute Gasteiger partial charge is 0.238 e. The lowest BCUT2D eigenvalue weighted by atomic mass is 10.1. The number of nitrogens with one attached hydrogen (secondary N) is 1. The number of amides is 2. The van der Waals surface area contributed by atoms with Crippen molar-refractivity contribution in [1.82, 2.24) is 4.98 Å². The first kappa shape index (κ1) is 19.8. The van der Waals surface area contributed by atoms with Crippen molar-refractivity contribution in [2.24, 2.45) is 11.7 Å². The summed E-state index contributed by atoms with van der Waals surface area (Å²) in [6, 6.07) is 7.13. The van der Waals surface area contributed by atoms with Crippen molar-refractivity contribution < 1.29 is 9.59 Å². The van der Waals surface area contributed by atoms with Crippen LogP contribution in [0.1, 0.15) is 24.4 Å². The normalized spacial score (nSPS) is 12.2. The summed E-state index contributed by atoms with van der Waals surface area (Å²) in [5.74, 6) is -0.422. The minimum absolute atomic E-state index is 0.0938. The first-order valence-electron chi connectivity index (χ1n) is 7.74. The fourth-order valence-corrected chi connectivity index (χ4v) is 4.78. The van der Waals surface area contributed by atoms with E-state index in [0.29, 0.717) is 10.7 Å². The number of primary amides is 1. The Morgan fingerprint density at radius 1 is 1.36 bits per heavy atom. The summed E-state index contributed by atoms with van der Waals surface area (Å²) in [4.78, 5) is 29.1. The van der Waals surface area contributed by atoms with E-state index < -0.39 is 0 Å². The Kier molecular flexibility index (Phi) is 6.87. The quantitative estimate of drug-likeness (QED) is 0.694. The SMILES string of the molecule is Cc1nc(SC(C(=O)Nc2ccccc2Cl)C(C)C)sc1CC(N)=O. The summed E-state index contributed by atoms with van der Waals surface area (Å²) in [5, 5.41) is 3.04. The van der Waals surface area contributed by atoms with Gasteiger partial charge in [-0.05, 0) is 25.0 Å². The highest BCUT2D eigenvalue weighted by Crippen LogP contribution is 2.34. The lowest BCUT2D eigenvalue weighted by Crippen LogP contribution is -2.29. The lowest BCUT2D eigenvalue weighted by Gasteiger charge is -2.19. The molecule has 0 aliphatic heterocycles. The molecule has 2 amide bonds. The first-order valence-corrected chi connectivity index (χ1v) is 9.82. The zero-order chi connectivity index (χ0) is 18.6. The molecule has 5 nitrogen and oxygen atoms in total. The number of para-hydroxylation sites is 1. The first-order chi connectivity index (χ1) is 11.8. The number of aromatic nitrogens is 1. The van der Waals surface area contributed by atoms with Gasteiger partial charge in [0.25, 0.3) is 0 Å². The molecule has 2 aromatic rings. The van der Waals surface area contributed by atoms with E-state index in [1.165, 1.54) is 23.1 Å². The van der Waals surface area contributed by atoms with Gasteiger partial charge in [-0.25, -0.2) is 4.98 Å². The molecule has 0 saturated heterocycles. The van der Waals surface area contributed by atoms with E-state index in [9.17, 15) is 9.59 Å². The maximum absolute atomic E-state index is 12.7. The average molecular weight is 398 g/mol. The molecule has 0 saturated carbocycles. The van der Waals surface area contributed by atoms with Crippen molar-refractivity contribution in [1.29, 1.82) is 0 Å². The fourth-order valence-electron chi connectivity index (χ4n) is 2.14. The van der Waals surface area contributed by atoms with Gasteiger partial charge in [0.15, 0.2) is 4.34 Å². The molecule has 0 bridgehead atoms. The van der Waals surface area contributed by atoms with Gasteiger partial charge >= 0.3 is 0 Å². The molecule has 1 aromatic carbocycles. The third kappa shape index (κ3) is 5.45. The molecule has 0 fully saturated rings. The number of hydrogen-bond acceptors (Lipinski definition) is 5. The van der Waals surface area contributed by atoms with Gasteiger partial charge in [0.1, 0.15) is 0 Å². The highest BCUT2D eigenvalue weighted by Gasteiger charge is 2.26. The maximum Gasteiger partial charge on any atom is 0.238 e. The van der Waals surface area contributed by atoms with Crippen LogP contribution < -0.4 is 11.1 Å². The highest BCUT2D eigenvalue weighted by atomic mass is 35.5. The molecule has 1 atom stereocenters. The molecule has 25 heavy (non-hydrogen) atoms. The number of thiazole rings is 1. The number of carbonyl (C=O) groups is 2. The van der Waals surface area contributed by atoms with E-state index >= 15 is 0 Å². The predicted molar refractivity (Wildman–Crippen MR) is 104 cm³/mol. The van der Waals surface area contributed by atoms with Crippen LogP contribution in [0.5, 0.6) is 0 Å². The van der Waals surface area contributed by atoms with Crippen molar-refractivity contribution in [3.05, 3.63) is 39.9 Å². The molecule has 1 aromatic heterocycles. The number of carbonyl (C=O) groups excluding carboxylic acids is 2. The molecule has 0 aliphatic carbocycles. The molecule has 3 N–H and O–H groups in total. The molecule has 1 heterocycles. The van der Waals surface area contributed by atoms with E-state index in [1.807, 2.05) is 32.9 Å². The van der Waals surface area contributed by atoms with Crippen molar-refractivity contribution >= 4 is 52.2 Å². The molecule has 1 unspecified atom stereocenters. The summed E-state index contributed by atoms with van der Waals surface area (Å²) < 4.78 is 0.752. The Balaban J connectivity index is 2.14. The summed E-state index contributed by atoms with van der Waals surface area (Å²) in [5.41, 5.74) is 6.62. The van der Waals surface area contributed by atoms with Gasteiger partial charge < -0.3 is 11.1 Å². The zero-order valence-electron chi connectivity index (χ0n) is 14.2. The molecular formula is C17H20ClN3O2S2. The van der Waals surface area contributed by atoms with E-state index in [4.69, 9.17) is 17.3 Å². The fraction of sp³-hybridized carbons (Fsp3) is 0.353. The molecule has 8 heteroatoms. The van der Waals surface area contributed by atoms with Crippen LogP contribution in [-0.2, 0) is 16.0 Å². The maximum atomic E-state index is 12.7. The molecule has 134 valence electrons. The van der Waals surface area contributed by atoms with Gasteiger partial charge in [0.05, 0.1) is 28.1 Å². The van der Waals surface area contributed by atoms with E-state index in [1.54, 1.807) is 12.1 Å². The van der Waals surface area contributed by atoms with Crippen molar-refractivity contribution in [2.75, 3.05) is 5.32 Å². The minimum atomic E-state index is -0.389. The molecular weight excluding hydrogens is 378 g/mol. The third-order valence-electron chi connectivity index (χ3n) is 3.43. The molecule has 0 aliphatic rings. The average Bonchev–Trinajstić information content (AvgIpc) is 2.86. The van der Waals surface area contributed by atoms with Gasteiger partial charge in [-0.1, -0.05) is 49.3 Å². The number of anilines is 1. The van der Waals surface area contributed by atoms with E-state index in [2.05, 4.69) is 10.3 Å². The van der Waals surface area contributed by atoms with Gasteiger partial charge in [0, 0.05) is 4.88 Å². The lowest BCUT2D eigenvalue weighted by molar-refractivity contribution is -0.117. The Hall–Kier alpha value is -1.57. The second-order valence-electron chi connectivity index (χ2n) is 5.88. The van der Waals surface area contributed by atoms with Crippen molar-refractivity contribution in [3.63, 3.8) is 0 Å². The number of nitrogens with two attached hydrogens (primary N) is 1. The number of thioether (sulfide) groups is 1. The summed E-state index contributed by atoms with van der Waals surface area (Å²) in [6.45, 7) is 5.80. The van der Waals surface area contributed by atoms with E-state index in [-0.39, 0.29) is 29.4 Å². The molecule has 0 radical (unpaired) electrons. The van der Waals surface area contributed by atoms with Crippen LogP contribution in [0, 0.1) is 12.8 Å². The second kappa shape index (κ2) is 8.69. The standard InChI is InChI=1S/C17H20ClN3O2S2/c1-9(2)15(16(23)21-12-7-5-4-6-11(12)18)25-17-20-10(3)13(24-17)8-14(19)22/h4-7,9,15H,8H2,1-3H3,(H2,19,22)(H,21,23). The van der Waals surface area contributed by atoms with Crippen molar-refractivity contribution in [3.8, 4) is 0 Å². The van der Waals surface area contributed by atoms with Gasteiger partial charge in [-0.2, -0.15) is 0 Å². The molecule has 0 spiro atoms. The van der Waals surface area contributed by atoms with Gasteiger partial charge in [-0.15, -0.1) is 11.3 Å². The Labute approximate surface area is 160 Å². The Morgan fingerprint density at radius 2 is 2.04 bits per heavy atom. The molecule has 2 rings (SSSR count). The zero-order valence-corrected chi connectivity index (χ0v) is 16.6. The summed E-state index contributed by atoms with van der Waals surface area (Å²) in [7, 11) is 0. The monoisotopic (exact) mass is 397 g/mol. The number of halogens is 1. The summed E-state index contributed by atoms with van der Waals surface area (Å²) in [6.07, 6.45) is 0.169. The van der Waals surface area contributed by atoms with Crippen LogP contribution in [0.3, 0.4) is 0 Å². The van der Waals surface area contributed by atoms with Crippen LogP contribution in [0.2, 0.25) is 5.02 Å². The van der Waals surface area contributed by atoms with Crippen LogP contribution in [0.25, 0.3) is 0 Å². The summed E-state index contributed by atoms with van der Waals surface area (Å²) >= 11 is 8.91. The number of benzene rings is 1. The Bertz CT molecular complexity index is 777. The number of hydrogen-bond donors (Lipinski definition) is 2. The van der Waals surface area contributed by atoms with Crippen LogP contribution >= 0.6 is 34.7 Å². The second-order valence-corrected chi connectivity index (χ2v) is 8.76. The topological polar surface area (TPSA) is 85.1 Å². The highest BCUT2D eigenvalue weighted by molar-refractivity contribution is 8.02. The predicted octanol–water partition coefficient (Wildman–Crippen LogP) is 3.89. The van der Waals surface area contributed by atoms with Gasteiger partial charge in [0.2, 0.25) is 11.8 Å². The van der Waals surface area contributed by atoms with E-state index in [0.717, 1.165) is 14.9 Å². The Morgan fingerprint density at radius 3 is 2.64 bits per heavy atom. The minimum Gasteiger partial charge on any atom is -0.369 e. The van der Waals surface area contributed by atoms with Gasteiger partial charge in [-0.3, -0.25) is 9.59 Å².